The summed E-state index contributed by atoms with van der Waals surface area (Å²) in [5, 5.41) is 5.93. The van der Waals surface area contributed by atoms with Gasteiger partial charge in [-0.05, 0) is 38.5 Å². The minimum atomic E-state index is 0.753. The van der Waals surface area contributed by atoms with Crippen LogP contribution in [0.3, 0.4) is 0 Å². The summed E-state index contributed by atoms with van der Waals surface area (Å²) in [5.41, 5.74) is 7.99. The lowest BCUT2D eigenvalue weighted by Gasteiger charge is -2.20. The molecule has 2 aromatic rings. The van der Waals surface area contributed by atoms with Crippen molar-refractivity contribution in [3.8, 4) is 0 Å². The second-order valence-electron chi connectivity index (χ2n) is 5.01. The van der Waals surface area contributed by atoms with Crippen LogP contribution >= 0.6 is 0 Å². The first-order valence-electron chi connectivity index (χ1n) is 7.09. The molecule has 0 aliphatic rings. The predicted molar refractivity (Wildman–Crippen MR) is 80.0 cm³/mol. The summed E-state index contributed by atoms with van der Waals surface area (Å²) in [4.78, 5) is 2.45. The van der Waals surface area contributed by atoms with Crippen LogP contribution in [0.25, 0.3) is 10.9 Å². The lowest BCUT2D eigenvalue weighted by molar-refractivity contribution is 0.261. The van der Waals surface area contributed by atoms with E-state index < -0.39 is 0 Å². The van der Waals surface area contributed by atoms with Crippen molar-refractivity contribution in [2.75, 3.05) is 19.6 Å². The number of aromatic nitrogens is 2. The van der Waals surface area contributed by atoms with Crippen molar-refractivity contribution in [2.24, 2.45) is 12.8 Å². The first kappa shape index (κ1) is 14.0. The monoisotopic (exact) mass is 260 g/mol. The quantitative estimate of drug-likeness (QED) is 0.829. The van der Waals surface area contributed by atoms with Crippen molar-refractivity contribution < 1.29 is 0 Å². The predicted octanol–water partition coefficient (Wildman–Crippen LogP) is 2.13. The molecule has 0 unspecified atom stereocenters. The fraction of sp³-hybridized carbons (Fsp3) is 0.533. The van der Waals surface area contributed by atoms with E-state index in [9.17, 15) is 0 Å². The highest BCUT2D eigenvalue weighted by Gasteiger charge is 2.11. The number of fused-ring (bicyclic) bond motifs is 1. The van der Waals surface area contributed by atoms with Crippen molar-refractivity contribution >= 4 is 10.9 Å². The van der Waals surface area contributed by atoms with Crippen LogP contribution in [0.5, 0.6) is 0 Å². The first-order chi connectivity index (χ1) is 9.26. The van der Waals surface area contributed by atoms with Gasteiger partial charge in [0.15, 0.2) is 0 Å². The minimum absolute atomic E-state index is 0.753. The molecule has 4 heteroatoms. The zero-order valence-electron chi connectivity index (χ0n) is 12.0. The summed E-state index contributed by atoms with van der Waals surface area (Å²) >= 11 is 0. The SMILES string of the molecule is CCCN(CCCN)Cc1nn(C)c2ccccc12. The molecular weight excluding hydrogens is 236 g/mol. The van der Waals surface area contributed by atoms with E-state index >= 15 is 0 Å². The summed E-state index contributed by atoms with van der Waals surface area (Å²) < 4.78 is 1.97. The van der Waals surface area contributed by atoms with Gasteiger partial charge in [0.1, 0.15) is 0 Å². The summed E-state index contributed by atoms with van der Waals surface area (Å²) in [7, 11) is 2.01. The van der Waals surface area contributed by atoms with Crippen LogP contribution in [0.4, 0.5) is 0 Å². The maximum absolute atomic E-state index is 5.61. The minimum Gasteiger partial charge on any atom is -0.330 e. The van der Waals surface area contributed by atoms with Crippen LogP contribution in [0.2, 0.25) is 0 Å². The molecule has 4 nitrogen and oxygen atoms in total. The Morgan fingerprint density at radius 1 is 1.26 bits per heavy atom. The van der Waals surface area contributed by atoms with Crippen LogP contribution < -0.4 is 5.73 Å². The maximum Gasteiger partial charge on any atom is 0.0843 e. The summed E-state index contributed by atoms with van der Waals surface area (Å²) in [6, 6.07) is 8.42. The van der Waals surface area contributed by atoms with E-state index in [0.717, 1.165) is 39.0 Å². The number of benzene rings is 1. The zero-order chi connectivity index (χ0) is 13.7. The molecule has 0 radical (unpaired) electrons. The lowest BCUT2D eigenvalue weighted by Crippen LogP contribution is -2.27. The molecule has 104 valence electrons. The summed E-state index contributed by atoms with van der Waals surface area (Å²) in [6.45, 7) is 6.03. The lowest BCUT2D eigenvalue weighted by atomic mass is 10.2. The summed E-state index contributed by atoms with van der Waals surface area (Å²) in [5.74, 6) is 0. The van der Waals surface area contributed by atoms with Crippen molar-refractivity contribution in [3.63, 3.8) is 0 Å². The van der Waals surface area contributed by atoms with Gasteiger partial charge in [-0.25, -0.2) is 0 Å². The Labute approximate surface area is 115 Å². The number of rotatable bonds is 7. The Hall–Kier alpha value is -1.39. The number of para-hydroxylation sites is 1. The van der Waals surface area contributed by atoms with E-state index in [1.165, 1.54) is 16.6 Å². The molecule has 0 atom stereocenters. The summed E-state index contributed by atoms with van der Waals surface area (Å²) in [6.07, 6.45) is 2.21. The van der Waals surface area contributed by atoms with Gasteiger partial charge in [0.2, 0.25) is 0 Å². The molecule has 0 aliphatic heterocycles. The molecule has 0 bridgehead atoms. The number of aryl methyl sites for hydroxylation is 1. The highest BCUT2D eigenvalue weighted by atomic mass is 15.3. The molecule has 0 spiro atoms. The van der Waals surface area contributed by atoms with Crippen molar-refractivity contribution in [1.82, 2.24) is 14.7 Å². The average molecular weight is 260 g/mol. The Balaban J connectivity index is 2.18. The Bertz CT molecular complexity index is 518. The van der Waals surface area contributed by atoms with Crippen molar-refractivity contribution in [1.29, 1.82) is 0 Å². The van der Waals surface area contributed by atoms with Gasteiger partial charge in [0, 0.05) is 19.0 Å². The smallest absolute Gasteiger partial charge is 0.0843 e. The first-order valence-corrected chi connectivity index (χ1v) is 7.09. The van der Waals surface area contributed by atoms with Crippen LogP contribution in [0.15, 0.2) is 24.3 Å². The van der Waals surface area contributed by atoms with Gasteiger partial charge >= 0.3 is 0 Å². The molecule has 0 saturated heterocycles. The average Bonchev–Trinajstić information content (AvgIpc) is 2.74. The van der Waals surface area contributed by atoms with Crippen molar-refractivity contribution in [3.05, 3.63) is 30.0 Å². The van der Waals surface area contributed by atoms with Crippen LogP contribution in [0, 0.1) is 0 Å². The number of hydrogen-bond donors (Lipinski definition) is 1. The normalized spacial score (nSPS) is 11.6. The number of nitrogens with two attached hydrogens (primary N) is 1. The molecule has 1 heterocycles. The molecule has 0 amide bonds. The third-order valence-electron chi connectivity index (χ3n) is 3.43. The molecule has 2 N–H and O–H groups in total. The zero-order valence-corrected chi connectivity index (χ0v) is 12.0. The second kappa shape index (κ2) is 6.68. The Kier molecular flexibility index (Phi) is 4.93. The molecular formula is C15H24N4. The highest BCUT2D eigenvalue weighted by Crippen LogP contribution is 2.19. The third kappa shape index (κ3) is 3.33. The standard InChI is InChI=1S/C15H24N4/c1-3-10-19(11-6-9-16)12-14-13-7-4-5-8-15(13)18(2)17-14/h4-5,7-8H,3,6,9-12,16H2,1-2H3. The fourth-order valence-corrected chi connectivity index (χ4v) is 2.52. The Morgan fingerprint density at radius 2 is 2.05 bits per heavy atom. The van der Waals surface area contributed by atoms with E-state index in [4.69, 9.17) is 5.73 Å². The van der Waals surface area contributed by atoms with E-state index in [1.807, 2.05) is 11.7 Å². The largest absolute Gasteiger partial charge is 0.330 e. The number of hydrogen-bond acceptors (Lipinski definition) is 3. The third-order valence-corrected chi connectivity index (χ3v) is 3.43. The van der Waals surface area contributed by atoms with Gasteiger partial charge in [-0.15, -0.1) is 0 Å². The van der Waals surface area contributed by atoms with Gasteiger partial charge in [0.05, 0.1) is 11.2 Å². The molecule has 1 aromatic heterocycles. The molecule has 0 aliphatic carbocycles. The molecule has 0 fully saturated rings. The van der Waals surface area contributed by atoms with Crippen LogP contribution in [-0.4, -0.2) is 34.3 Å². The van der Waals surface area contributed by atoms with Gasteiger partial charge < -0.3 is 5.73 Å². The van der Waals surface area contributed by atoms with E-state index in [1.54, 1.807) is 0 Å². The highest BCUT2D eigenvalue weighted by molar-refractivity contribution is 5.81. The fourth-order valence-electron chi connectivity index (χ4n) is 2.52. The van der Waals surface area contributed by atoms with Crippen LogP contribution in [-0.2, 0) is 13.6 Å². The van der Waals surface area contributed by atoms with Gasteiger partial charge in [-0.1, -0.05) is 25.1 Å². The van der Waals surface area contributed by atoms with E-state index in [-0.39, 0.29) is 0 Å². The number of nitrogens with zero attached hydrogens (tertiary/aromatic N) is 3. The van der Waals surface area contributed by atoms with Gasteiger partial charge in [-0.2, -0.15) is 5.10 Å². The Morgan fingerprint density at radius 3 is 2.79 bits per heavy atom. The topological polar surface area (TPSA) is 47.1 Å². The van der Waals surface area contributed by atoms with Gasteiger partial charge in [-0.3, -0.25) is 9.58 Å². The molecule has 2 rings (SSSR count). The van der Waals surface area contributed by atoms with E-state index in [2.05, 4.69) is 41.2 Å². The molecule has 19 heavy (non-hydrogen) atoms. The van der Waals surface area contributed by atoms with Crippen LogP contribution in [0.1, 0.15) is 25.5 Å². The maximum atomic E-state index is 5.61. The van der Waals surface area contributed by atoms with E-state index in [0.29, 0.717) is 0 Å². The van der Waals surface area contributed by atoms with Crippen molar-refractivity contribution in [2.45, 2.75) is 26.3 Å². The molecule has 1 aromatic carbocycles. The second-order valence-corrected chi connectivity index (χ2v) is 5.01. The molecule has 0 saturated carbocycles. The van der Waals surface area contributed by atoms with Gasteiger partial charge in [0.25, 0.3) is 0 Å².